The molecule has 3 aromatic rings. The lowest BCUT2D eigenvalue weighted by Crippen LogP contribution is -2.38. The van der Waals surface area contributed by atoms with Gasteiger partial charge in [-0.15, -0.1) is 12.4 Å². The number of benzene rings is 2. The van der Waals surface area contributed by atoms with E-state index >= 15 is 0 Å². The molecule has 2 heterocycles. The molecule has 0 spiro atoms. The molecule has 0 radical (unpaired) electrons. The van der Waals surface area contributed by atoms with Crippen molar-refractivity contribution in [1.29, 1.82) is 0 Å². The number of hydrogen-bond donors (Lipinski definition) is 1. The summed E-state index contributed by atoms with van der Waals surface area (Å²) in [4.78, 5) is 5.71. The van der Waals surface area contributed by atoms with Crippen molar-refractivity contribution in [2.45, 2.75) is 34.9 Å². The molecule has 2 aromatic carbocycles. The lowest BCUT2D eigenvalue weighted by Gasteiger charge is -2.32. The molecule has 1 unspecified atom stereocenters. The molecule has 4 rings (SSSR count). The number of pyridine rings is 1. The highest BCUT2D eigenvalue weighted by atomic mass is 35.5. The number of aliphatic hydroxyl groups is 1. The van der Waals surface area contributed by atoms with E-state index in [-0.39, 0.29) is 17.3 Å². The number of hydrogen-bond acceptors (Lipinski definition) is 5. The molecule has 0 bridgehead atoms. The summed E-state index contributed by atoms with van der Waals surface area (Å²) in [5, 5.41) is 10.5. The van der Waals surface area contributed by atoms with Crippen LogP contribution in [-0.2, 0) is 16.0 Å². The Balaban J connectivity index is 0.00000272. The molecule has 31 heavy (non-hydrogen) atoms. The third kappa shape index (κ3) is 4.63. The first-order chi connectivity index (χ1) is 14.2. The van der Waals surface area contributed by atoms with Gasteiger partial charge in [0.15, 0.2) is 0 Å². The molecule has 1 saturated heterocycles. The second-order valence-electron chi connectivity index (χ2n) is 7.29. The van der Waals surface area contributed by atoms with E-state index in [2.05, 4.69) is 4.98 Å². The Bertz CT molecular complexity index is 1200. The lowest BCUT2D eigenvalue weighted by atomic mass is 10.1. The number of nitrogens with zero attached hydrogens (tertiary/aromatic N) is 2. The first-order valence-corrected chi connectivity index (χ1v) is 10.9. The van der Waals surface area contributed by atoms with E-state index in [4.69, 9.17) is 0 Å². The Morgan fingerprint density at radius 3 is 2.52 bits per heavy atom. The first-order valence-electron chi connectivity index (χ1n) is 9.40. The Kier molecular flexibility index (Phi) is 6.50. The molecule has 1 aliphatic rings. The minimum Gasteiger partial charge on any atom is -0.391 e. The summed E-state index contributed by atoms with van der Waals surface area (Å²) in [6.07, 6.45) is -2.34. The van der Waals surface area contributed by atoms with Crippen molar-refractivity contribution in [3.05, 3.63) is 60.3 Å². The number of aliphatic hydroxyl groups excluding tert-OH is 1. The molecule has 0 aliphatic carbocycles. The number of halogens is 4. The summed E-state index contributed by atoms with van der Waals surface area (Å²) in [6.45, 7) is 1.22. The van der Waals surface area contributed by atoms with Crippen LogP contribution in [0.4, 0.5) is 18.9 Å². The van der Waals surface area contributed by atoms with Gasteiger partial charge in [-0.25, -0.2) is 8.42 Å². The maximum atomic E-state index is 13.0. The molecule has 10 heteroatoms. The summed E-state index contributed by atoms with van der Waals surface area (Å²) in [5.41, 5.74) is 0.340. The molecular weight excluding hydrogens is 453 g/mol. The van der Waals surface area contributed by atoms with Crippen LogP contribution in [0.15, 0.2) is 64.5 Å². The molecule has 166 valence electrons. The number of para-hydroxylation sites is 1. The molecule has 1 fully saturated rings. The van der Waals surface area contributed by atoms with Crippen molar-refractivity contribution in [3.63, 3.8) is 0 Å². The average Bonchev–Trinajstić information content (AvgIpc) is 2.72. The van der Waals surface area contributed by atoms with Crippen molar-refractivity contribution in [3.8, 4) is 0 Å². The van der Waals surface area contributed by atoms with Gasteiger partial charge in [-0.2, -0.15) is 13.2 Å². The van der Waals surface area contributed by atoms with Crippen molar-refractivity contribution in [1.82, 2.24) is 4.98 Å². The summed E-state index contributed by atoms with van der Waals surface area (Å²) >= 11 is 0. The number of aromatic nitrogens is 1. The lowest BCUT2D eigenvalue weighted by molar-refractivity contribution is -0.137. The van der Waals surface area contributed by atoms with E-state index in [1.54, 1.807) is 12.1 Å². The predicted molar refractivity (Wildman–Crippen MR) is 113 cm³/mol. The maximum absolute atomic E-state index is 13.0. The number of piperidine rings is 1. The zero-order chi connectivity index (χ0) is 21.5. The topological polar surface area (TPSA) is 70.5 Å². The fraction of sp³-hybridized carbons (Fsp3) is 0.286. The third-order valence-electron chi connectivity index (χ3n) is 5.18. The number of alkyl halides is 3. The van der Waals surface area contributed by atoms with Gasteiger partial charge in [0, 0.05) is 24.7 Å². The van der Waals surface area contributed by atoms with Gasteiger partial charge in [0.25, 0.3) is 0 Å². The second-order valence-corrected chi connectivity index (χ2v) is 9.24. The van der Waals surface area contributed by atoms with E-state index in [1.807, 2.05) is 11.0 Å². The highest BCUT2D eigenvalue weighted by molar-refractivity contribution is 7.91. The van der Waals surface area contributed by atoms with E-state index in [1.165, 1.54) is 12.3 Å². The smallest absolute Gasteiger partial charge is 0.391 e. The van der Waals surface area contributed by atoms with Crippen molar-refractivity contribution < 1.29 is 26.7 Å². The molecule has 0 saturated carbocycles. The Morgan fingerprint density at radius 1 is 1.06 bits per heavy atom. The number of anilines is 1. The van der Waals surface area contributed by atoms with Crippen LogP contribution in [0, 0.1) is 0 Å². The van der Waals surface area contributed by atoms with Gasteiger partial charge in [0.05, 0.1) is 32.7 Å². The average molecular weight is 473 g/mol. The van der Waals surface area contributed by atoms with Crippen molar-refractivity contribution in [2.75, 3.05) is 18.0 Å². The van der Waals surface area contributed by atoms with Crippen LogP contribution in [0.25, 0.3) is 10.9 Å². The fourth-order valence-electron chi connectivity index (χ4n) is 3.68. The van der Waals surface area contributed by atoms with Gasteiger partial charge in [0.1, 0.15) is 0 Å². The van der Waals surface area contributed by atoms with Crippen LogP contribution < -0.4 is 4.90 Å². The molecule has 0 amide bonds. The SMILES string of the molecule is Cl.O=S(=O)(c1cccc(C(F)(F)F)c1)c1cnc2c(N3CCCC(O)C3)cccc2c1. The van der Waals surface area contributed by atoms with Gasteiger partial charge in [0.2, 0.25) is 9.84 Å². The van der Waals surface area contributed by atoms with Crippen LogP contribution >= 0.6 is 12.4 Å². The Morgan fingerprint density at radius 2 is 1.81 bits per heavy atom. The number of sulfone groups is 1. The second kappa shape index (κ2) is 8.64. The van der Waals surface area contributed by atoms with Crippen LogP contribution in [-0.4, -0.2) is 37.7 Å². The van der Waals surface area contributed by atoms with Crippen LogP contribution in [0.2, 0.25) is 0 Å². The van der Waals surface area contributed by atoms with Crippen LogP contribution in [0.3, 0.4) is 0 Å². The standard InChI is InChI=1S/C21H19F3N2O3S.ClH/c22-21(23,24)15-5-2-7-17(11-15)30(28,29)18-10-14-4-1-8-19(20(14)25-12-18)26-9-3-6-16(27)13-26;/h1-2,4-5,7-8,10-12,16,27H,3,6,9,13H2;1H. The molecule has 1 atom stereocenters. The Labute approximate surface area is 183 Å². The highest BCUT2D eigenvalue weighted by Crippen LogP contribution is 2.33. The predicted octanol–water partition coefficient (Wildman–Crippen LogP) is 4.47. The quantitative estimate of drug-likeness (QED) is 0.609. The van der Waals surface area contributed by atoms with Gasteiger partial charge < -0.3 is 10.0 Å². The largest absolute Gasteiger partial charge is 0.416 e. The molecular formula is C21H20ClF3N2O3S. The van der Waals surface area contributed by atoms with Gasteiger partial charge >= 0.3 is 6.18 Å². The number of β-amino-alcohol motifs (C(OH)–C–C–N with tert-alkyl or cyclic N) is 1. The van der Waals surface area contributed by atoms with E-state index in [9.17, 15) is 26.7 Å². The van der Waals surface area contributed by atoms with Crippen LogP contribution in [0.5, 0.6) is 0 Å². The molecule has 1 aliphatic heterocycles. The van der Waals surface area contributed by atoms with E-state index in [0.717, 1.165) is 43.3 Å². The molecule has 5 nitrogen and oxygen atoms in total. The normalized spacial score (nSPS) is 17.4. The summed E-state index contributed by atoms with van der Waals surface area (Å²) in [6, 6.07) is 10.4. The summed E-state index contributed by atoms with van der Waals surface area (Å²) < 4.78 is 64.8. The zero-order valence-corrected chi connectivity index (χ0v) is 17.8. The minimum absolute atomic E-state index is 0. The van der Waals surface area contributed by atoms with Gasteiger partial charge in [-0.3, -0.25) is 4.98 Å². The first kappa shape index (κ1) is 23.3. The summed E-state index contributed by atoms with van der Waals surface area (Å²) in [7, 11) is -4.18. The monoisotopic (exact) mass is 472 g/mol. The Hall–Kier alpha value is -2.36. The van der Waals surface area contributed by atoms with Gasteiger partial charge in [-0.05, 0) is 43.2 Å². The van der Waals surface area contributed by atoms with Crippen molar-refractivity contribution >= 4 is 38.8 Å². The van der Waals surface area contributed by atoms with Crippen molar-refractivity contribution in [2.24, 2.45) is 0 Å². The van der Waals surface area contributed by atoms with Gasteiger partial charge in [-0.1, -0.05) is 18.2 Å². The highest BCUT2D eigenvalue weighted by Gasteiger charge is 2.32. The number of rotatable bonds is 3. The minimum atomic E-state index is -4.64. The van der Waals surface area contributed by atoms with Crippen LogP contribution in [0.1, 0.15) is 18.4 Å². The fourth-order valence-corrected chi connectivity index (χ4v) is 4.96. The summed E-state index contributed by atoms with van der Waals surface area (Å²) in [5.74, 6) is 0. The van der Waals surface area contributed by atoms with E-state index in [0.29, 0.717) is 23.5 Å². The van der Waals surface area contributed by atoms with E-state index < -0.39 is 32.6 Å². The molecule has 1 N–H and O–H groups in total. The molecule has 1 aromatic heterocycles. The zero-order valence-electron chi connectivity index (χ0n) is 16.2. The maximum Gasteiger partial charge on any atom is 0.416 e. The third-order valence-corrected chi connectivity index (χ3v) is 6.90. The number of fused-ring (bicyclic) bond motifs is 1.